The van der Waals surface area contributed by atoms with Gasteiger partial charge < -0.3 is 11.1 Å². The van der Waals surface area contributed by atoms with Crippen molar-refractivity contribution < 1.29 is 8.42 Å². The number of para-hydroxylation sites is 1. The second kappa shape index (κ2) is 6.01. The molecule has 0 saturated carbocycles. The Labute approximate surface area is 126 Å². The van der Waals surface area contributed by atoms with Crippen LogP contribution in [0.3, 0.4) is 0 Å². The van der Waals surface area contributed by atoms with Crippen LogP contribution in [0.1, 0.15) is 4.88 Å². The highest BCUT2D eigenvalue weighted by Crippen LogP contribution is 2.26. The number of anilines is 2. The van der Waals surface area contributed by atoms with E-state index in [1.54, 1.807) is 12.1 Å². The number of thiophene rings is 1. The molecule has 0 aliphatic rings. The van der Waals surface area contributed by atoms with Gasteiger partial charge in [0.05, 0.1) is 15.7 Å². The zero-order chi connectivity index (χ0) is 14.8. The largest absolute Gasteiger partial charge is 0.396 e. The summed E-state index contributed by atoms with van der Waals surface area (Å²) in [6.07, 6.45) is 0.774. The Balaban J connectivity index is 2.07. The first-order valence-corrected chi connectivity index (χ1v) is 8.51. The van der Waals surface area contributed by atoms with E-state index in [2.05, 4.69) is 5.32 Å². The molecule has 0 aliphatic carbocycles. The number of rotatable bonds is 5. The van der Waals surface area contributed by atoms with Gasteiger partial charge >= 0.3 is 0 Å². The number of nitrogen functional groups attached to an aromatic ring is 1. The molecule has 0 amide bonds. The minimum atomic E-state index is -3.81. The van der Waals surface area contributed by atoms with E-state index in [9.17, 15) is 8.42 Å². The molecule has 1 aromatic carbocycles. The Morgan fingerprint density at radius 1 is 1.25 bits per heavy atom. The smallest absolute Gasteiger partial charge is 0.240 e. The van der Waals surface area contributed by atoms with E-state index in [4.69, 9.17) is 22.5 Å². The fraction of sp³-hybridized carbons (Fsp3) is 0.167. The molecule has 0 aliphatic heterocycles. The molecule has 5 nitrogen and oxygen atoms in total. The van der Waals surface area contributed by atoms with Crippen molar-refractivity contribution in [3.8, 4) is 0 Å². The number of benzene rings is 1. The number of primary sulfonamides is 1. The van der Waals surface area contributed by atoms with Crippen LogP contribution in [-0.4, -0.2) is 15.0 Å². The predicted octanol–water partition coefficient (Wildman–Crippen LogP) is 2.29. The molecule has 2 aromatic rings. The van der Waals surface area contributed by atoms with Crippen molar-refractivity contribution >= 4 is 44.3 Å². The lowest BCUT2D eigenvalue weighted by Gasteiger charge is -2.11. The van der Waals surface area contributed by atoms with Gasteiger partial charge in [0.15, 0.2) is 0 Å². The molecule has 0 saturated heterocycles. The molecule has 0 radical (unpaired) electrons. The fourth-order valence-electron chi connectivity index (χ4n) is 1.75. The second-order valence-corrected chi connectivity index (χ2v) is 7.47. The van der Waals surface area contributed by atoms with Gasteiger partial charge in [-0.05, 0) is 30.7 Å². The predicted molar refractivity (Wildman–Crippen MR) is 83.8 cm³/mol. The summed E-state index contributed by atoms with van der Waals surface area (Å²) < 4.78 is 23.5. The van der Waals surface area contributed by atoms with E-state index in [1.165, 1.54) is 17.4 Å². The van der Waals surface area contributed by atoms with E-state index >= 15 is 0 Å². The summed E-state index contributed by atoms with van der Waals surface area (Å²) in [5.74, 6) is 0. The maximum atomic E-state index is 11.4. The van der Waals surface area contributed by atoms with Crippen LogP contribution in [0, 0.1) is 0 Å². The summed E-state index contributed by atoms with van der Waals surface area (Å²) in [7, 11) is -3.81. The van der Waals surface area contributed by atoms with Gasteiger partial charge in [-0.3, -0.25) is 0 Å². The van der Waals surface area contributed by atoms with Crippen molar-refractivity contribution in [2.45, 2.75) is 11.3 Å². The Morgan fingerprint density at radius 3 is 2.60 bits per heavy atom. The van der Waals surface area contributed by atoms with Gasteiger partial charge in [-0.1, -0.05) is 17.7 Å². The van der Waals surface area contributed by atoms with Gasteiger partial charge in [-0.2, -0.15) is 0 Å². The highest BCUT2D eigenvalue weighted by atomic mass is 35.5. The lowest BCUT2D eigenvalue weighted by molar-refractivity contribution is 0.598. The van der Waals surface area contributed by atoms with Gasteiger partial charge in [0, 0.05) is 11.4 Å². The Kier molecular flexibility index (Phi) is 4.54. The quantitative estimate of drug-likeness (QED) is 0.732. The SMILES string of the molecule is Nc1c(NCCc2ccc(Cl)s2)cccc1S(N)(=O)=O. The summed E-state index contributed by atoms with van der Waals surface area (Å²) >= 11 is 7.36. The summed E-state index contributed by atoms with van der Waals surface area (Å²) in [5, 5.41) is 8.20. The van der Waals surface area contributed by atoms with Crippen molar-refractivity contribution in [3.63, 3.8) is 0 Å². The van der Waals surface area contributed by atoms with Crippen LogP contribution in [0.2, 0.25) is 4.34 Å². The van der Waals surface area contributed by atoms with Crippen molar-refractivity contribution in [2.24, 2.45) is 5.14 Å². The van der Waals surface area contributed by atoms with Gasteiger partial charge in [0.2, 0.25) is 10.0 Å². The standard InChI is InChI=1S/C12H14ClN3O2S2/c13-11-5-4-8(19-11)6-7-16-9-2-1-3-10(12(9)14)20(15,17)18/h1-5,16H,6-7,14H2,(H2,15,17,18). The third-order valence-corrected chi connectivity index (χ3v) is 4.95. The van der Waals surface area contributed by atoms with Gasteiger partial charge in [0.1, 0.15) is 4.90 Å². The van der Waals surface area contributed by atoms with Crippen LogP contribution in [0.4, 0.5) is 11.4 Å². The molecule has 0 atom stereocenters. The summed E-state index contributed by atoms with van der Waals surface area (Å²) in [6, 6.07) is 8.50. The normalized spacial score (nSPS) is 11.5. The Morgan fingerprint density at radius 2 is 2.00 bits per heavy atom. The molecule has 0 bridgehead atoms. The Hall–Kier alpha value is -1.28. The van der Waals surface area contributed by atoms with E-state index in [1.807, 2.05) is 12.1 Å². The average Bonchev–Trinajstić information content (AvgIpc) is 2.76. The van der Waals surface area contributed by atoms with Crippen LogP contribution in [0.25, 0.3) is 0 Å². The van der Waals surface area contributed by atoms with Gasteiger partial charge in [-0.15, -0.1) is 11.3 Å². The molecule has 0 unspecified atom stereocenters. The molecule has 5 N–H and O–H groups in total. The molecule has 0 spiro atoms. The molecule has 0 fully saturated rings. The van der Waals surface area contributed by atoms with E-state index < -0.39 is 10.0 Å². The van der Waals surface area contributed by atoms with Crippen molar-refractivity contribution in [1.82, 2.24) is 0 Å². The van der Waals surface area contributed by atoms with Gasteiger partial charge in [0.25, 0.3) is 0 Å². The maximum absolute atomic E-state index is 11.4. The zero-order valence-corrected chi connectivity index (χ0v) is 12.9. The Bertz CT molecular complexity index is 713. The number of hydrogen-bond donors (Lipinski definition) is 3. The minimum absolute atomic E-state index is 0.0679. The first-order valence-electron chi connectivity index (χ1n) is 5.77. The highest BCUT2D eigenvalue weighted by molar-refractivity contribution is 7.89. The van der Waals surface area contributed by atoms with Gasteiger partial charge in [-0.25, -0.2) is 13.6 Å². The number of sulfonamides is 1. The average molecular weight is 332 g/mol. The van der Waals surface area contributed by atoms with Crippen LogP contribution in [-0.2, 0) is 16.4 Å². The molecule has 108 valence electrons. The van der Waals surface area contributed by atoms with Crippen LogP contribution < -0.4 is 16.2 Å². The number of halogens is 1. The third kappa shape index (κ3) is 3.63. The van der Waals surface area contributed by atoms with Crippen molar-refractivity contribution in [2.75, 3.05) is 17.6 Å². The monoisotopic (exact) mass is 331 g/mol. The van der Waals surface area contributed by atoms with Crippen LogP contribution in [0.15, 0.2) is 35.2 Å². The van der Waals surface area contributed by atoms with E-state index in [0.29, 0.717) is 12.2 Å². The van der Waals surface area contributed by atoms with Crippen molar-refractivity contribution in [1.29, 1.82) is 0 Å². The molecule has 2 rings (SSSR count). The van der Waals surface area contributed by atoms with Crippen LogP contribution >= 0.6 is 22.9 Å². The van der Waals surface area contributed by atoms with Crippen molar-refractivity contribution in [3.05, 3.63) is 39.5 Å². The zero-order valence-electron chi connectivity index (χ0n) is 10.5. The van der Waals surface area contributed by atoms with E-state index in [-0.39, 0.29) is 10.6 Å². The number of nitrogens with two attached hydrogens (primary N) is 2. The highest BCUT2D eigenvalue weighted by Gasteiger charge is 2.14. The summed E-state index contributed by atoms with van der Waals surface area (Å²) in [4.78, 5) is 1.07. The fourth-order valence-corrected chi connectivity index (χ4v) is 3.52. The summed E-state index contributed by atoms with van der Waals surface area (Å²) in [5.41, 5.74) is 6.51. The van der Waals surface area contributed by atoms with Crippen LogP contribution in [0.5, 0.6) is 0 Å². The lowest BCUT2D eigenvalue weighted by atomic mass is 10.2. The molecule has 1 aromatic heterocycles. The first-order chi connectivity index (χ1) is 9.38. The topological polar surface area (TPSA) is 98.2 Å². The van der Waals surface area contributed by atoms with E-state index in [0.717, 1.165) is 15.6 Å². The summed E-state index contributed by atoms with van der Waals surface area (Å²) in [6.45, 7) is 0.620. The molecule has 8 heteroatoms. The maximum Gasteiger partial charge on any atom is 0.240 e. The minimum Gasteiger partial charge on any atom is -0.396 e. The second-order valence-electron chi connectivity index (χ2n) is 4.14. The molecule has 20 heavy (non-hydrogen) atoms. The molecule has 1 heterocycles. The first kappa shape index (κ1) is 15.1. The molecular formula is C12H14ClN3O2S2. The number of hydrogen-bond acceptors (Lipinski definition) is 5. The third-order valence-electron chi connectivity index (χ3n) is 2.69. The lowest BCUT2D eigenvalue weighted by Crippen LogP contribution is -2.16. The molecular weight excluding hydrogens is 318 g/mol. The number of nitrogens with one attached hydrogen (secondary N) is 1.